The van der Waals surface area contributed by atoms with E-state index < -0.39 is 36.3 Å². The number of carbonyl (C=O) groups is 3. The average molecular weight is 452 g/mol. The van der Waals surface area contributed by atoms with E-state index in [0.717, 1.165) is 28.4 Å². The molecule has 3 heterocycles. The summed E-state index contributed by atoms with van der Waals surface area (Å²) in [4.78, 5) is 37.5. The van der Waals surface area contributed by atoms with Crippen molar-refractivity contribution in [3.05, 3.63) is 46.5 Å². The van der Waals surface area contributed by atoms with E-state index in [1.165, 1.54) is 22.9 Å². The van der Waals surface area contributed by atoms with E-state index in [9.17, 15) is 27.6 Å². The van der Waals surface area contributed by atoms with E-state index in [1.807, 2.05) is 0 Å². The zero-order valence-corrected chi connectivity index (χ0v) is 16.8. The SMILES string of the molecule is Cc1nn(-c2cccc(C(F)(F)F)c2)c2sc(C(=O)OCC(=O)N3CCNC3=O)cc12. The molecule has 1 saturated heterocycles. The van der Waals surface area contributed by atoms with Gasteiger partial charge in [-0.15, -0.1) is 11.3 Å². The number of urea groups is 1. The molecule has 2 aromatic heterocycles. The van der Waals surface area contributed by atoms with Crippen molar-refractivity contribution in [1.29, 1.82) is 0 Å². The van der Waals surface area contributed by atoms with Gasteiger partial charge >= 0.3 is 18.2 Å². The first-order valence-electron chi connectivity index (χ1n) is 9.07. The molecule has 0 bridgehead atoms. The molecule has 12 heteroatoms. The van der Waals surface area contributed by atoms with Crippen molar-refractivity contribution in [1.82, 2.24) is 20.0 Å². The van der Waals surface area contributed by atoms with E-state index >= 15 is 0 Å². The number of carbonyl (C=O) groups excluding carboxylic acids is 3. The zero-order valence-electron chi connectivity index (χ0n) is 16.0. The highest BCUT2D eigenvalue weighted by molar-refractivity contribution is 7.20. The van der Waals surface area contributed by atoms with Crippen LogP contribution in [0.5, 0.6) is 0 Å². The molecule has 8 nitrogen and oxygen atoms in total. The molecule has 1 fully saturated rings. The van der Waals surface area contributed by atoms with Crippen molar-refractivity contribution < 1.29 is 32.3 Å². The molecule has 0 radical (unpaired) electrons. The lowest BCUT2D eigenvalue weighted by Crippen LogP contribution is -2.37. The summed E-state index contributed by atoms with van der Waals surface area (Å²) in [6.07, 6.45) is -4.50. The number of hydrogen-bond donors (Lipinski definition) is 1. The Labute approximate surface area is 177 Å². The van der Waals surface area contributed by atoms with Gasteiger partial charge in [-0.25, -0.2) is 14.3 Å². The Kier molecular flexibility index (Phi) is 5.17. The molecule has 4 rings (SSSR count). The molecule has 1 aromatic carbocycles. The number of halogens is 3. The Morgan fingerprint density at radius 2 is 2.06 bits per heavy atom. The van der Waals surface area contributed by atoms with Gasteiger partial charge in [-0.2, -0.15) is 18.3 Å². The Morgan fingerprint density at radius 1 is 1.29 bits per heavy atom. The minimum Gasteiger partial charge on any atom is -0.451 e. The largest absolute Gasteiger partial charge is 0.451 e. The number of nitrogens with one attached hydrogen (secondary N) is 1. The third kappa shape index (κ3) is 3.98. The van der Waals surface area contributed by atoms with Crippen LogP contribution in [0.3, 0.4) is 0 Å². The summed E-state index contributed by atoms with van der Waals surface area (Å²) < 4.78 is 45.5. The van der Waals surface area contributed by atoms with Crippen molar-refractivity contribution in [3.63, 3.8) is 0 Å². The van der Waals surface area contributed by atoms with Gasteiger partial charge in [0.1, 0.15) is 9.71 Å². The van der Waals surface area contributed by atoms with Crippen molar-refractivity contribution in [3.8, 4) is 5.69 Å². The molecule has 1 aliphatic heterocycles. The van der Waals surface area contributed by atoms with Crippen LogP contribution >= 0.6 is 11.3 Å². The van der Waals surface area contributed by atoms with E-state index in [0.29, 0.717) is 22.5 Å². The molecule has 162 valence electrons. The topological polar surface area (TPSA) is 93.5 Å². The van der Waals surface area contributed by atoms with Crippen molar-refractivity contribution in [2.24, 2.45) is 0 Å². The molecule has 0 unspecified atom stereocenters. The third-order valence-electron chi connectivity index (χ3n) is 4.65. The van der Waals surface area contributed by atoms with Crippen molar-refractivity contribution in [2.45, 2.75) is 13.1 Å². The Bertz CT molecular complexity index is 1200. The van der Waals surface area contributed by atoms with Crippen molar-refractivity contribution in [2.75, 3.05) is 19.7 Å². The molecule has 0 aliphatic carbocycles. The van der Waals surface area contributed by atoms with Gasteiger partial charge in [0.05, 0.1) is 16.9 Å². The molecule has 0 spiro atoms. The number of alkyl halides is 3. The fraction of sp³-hybridized carbons (Fsp3) is 0.263. The second-order valence-electron chi connectivity index (χ2n) is 6.73. The van der Waals surface area contributed by atoms with Crippen molar-refractivity contribution >= 4 is 39.5 Å². The van der Waals surface area contributed by atoms with Gasteiger partial charge in [-0.05, 0) is 31.2 Å². The van der Waals surface area contributed by atoms with E-state index in [4.69, 9.17) is 4.74 Å². The minimum atomic E-state index is -4.50. The average Bonchev–Trinajstić information content (AvgIpc) is 3.42. The normalized spacial score (nSPS) is 14.2. The molecular formula is C19H15F3N4O4S. The highest BCUT2D eigenvalue weighted by Crippen LogP contribution is 2.34. The number of aromatic nitrogens is 2. The molecule has 3 aromatic rings. The number of benzene rings is 1. The van der Waals surface area contributed by atoms with Gasteiger partial charge < -0.3 is 10.1 Å². The molecule has 1 N–H and O–H groups in total. The summed E-state index contributed by atoms with van der Waals surface area (Å²) in [5.74, 6) is -1.42. The van der Waals surface area contributed by atoms with Crippen LogP contribution in [0.15, 0.2) is 30.3 Å². The van der Waals surface area contributed by atoms with Crippen LogP contribution in [0.25, 0.3) is 15.9 Å². The van der Waals surface area contributed by atoms with E-state index in [1.54, 1.807) is 6.92 Å². The molecular weight excluding hydrogens is 437 g/mol. The molecule has 1 aliphatic rings. The first kappa shape index (κ1) is 20.8. The third-order valence-corrected chi connectivity index (χ3v) is 5.74. The van der Waals surface area contributed by atoms with Crippen LogP contribution in [0.4, 0.5) is 18.0 Å². The Hall–Kier alpha value is -3.41. The second kappa shape index (κ2) is 7.69. The zero-order chi connectivity index (χ0) is 22.3. The maximum Gasteiger partial charge on any atom is 0.416 e. The summed E-state index contributed by atoms with van der Waals surface area (Å²) in [6, 6.07) is 5.68. The van der Waals surface area contributed by atoms with Gasteiger partial charge in [0.25, 0.3) is 5.91 Å². The minimum absolute atomic E-state index is 0.162. The van der Waals surface area contributed by atoms with E-state index in [-0.39, 0.29) is 17.1 Å². The first-order chi connectivity index (χ1) is 14.6. The summed E-state index contributed by atoms with van der Waals surface area (Å²) in [6.45, 7) is 1.60. The standard InChI is InChI=1S/C19H15F3N4O4S/c1-10-13-8-14(17(28)30-9-15(27)25-6-5-23-18(25)29)31-16(13)26(24-10)12-4-2-3-11(7-12)19(20,21)22/h2-4,7-8H,5-6,9H2,1H3,(H,23,29). The number of esters is 1. The molecule has 3 amide bonds. The fourth-order valence-corrected chi connectivity index (χ4v) is 4.20. The Morgan fingerprint density at radius 3 is 2.74 bits per heavy atom. The second-order valence-corrected chi connectivity index (χ2v) is 7.76. The van der Waals surface area contributed by atoms with Gasteiger partial charge in [0.15, 0.2) is 6.61 Å². The lowest BCUT2D eigenvalue weighted by molar-refractivity contribution is -0.137. The highest BCUT2D eigenvalue weighted by atomic mass is 32.1. The summed E-state index contributed by atoms with van der Waals surface area (Å²) in [7, 11) is 0. The summed E-state index contributed by atoms with van der Waals surface area (Å²) in [5, 5.41) is 7.34. The van der Waals surface area contributed by atoms with Crippen LogP contribution in [-0.2, 0) is 15.7 Å². The smallest absolute Gasteiger partial charge is 0.416 e. The molecule has 0 saturated carbocycles. The number of thiophene rings is 1. The highest BCUT2D eigenvalue weighted by Gasteiger charge is 2.31. The monoisotopic (exact) mass is 452 g/mol. The number of fused-ring (bicyclic) bond motifs is 1. The maximum absolute atomic E-state index is 13.1. The number of nitrogens with zero attached hydrogens (tertiary/aromatic N) is 3. The van der Waals surface area contributed by atoms with Crippen LogP contribution in [-0.4, -0.2) is 52.3 Å². The van der Waals surface area contributed by atoms with Gasteiger partial charge in [-0.3, -0.25) is 9.69 Å². The van der Waals surface area contributed by atoms with Crippen LogP contribution in [0, 0.1) is 6.92 Å². The fourth-order valence-electron chi connectivity index (χ4n) is 3.12. The predicted molar refractivity (Wildman–Crippen MR) is 104 cm³/mol. The number of rotatable bonds is 4. The maximum atomic E-state index is 13.1. The Balaban J connectivity index is 1.57. The lowest BCUT2D eigenvalue weighted by atomic mass is 10.2. The first-order valence-corrected chi connectivity index (χ1v) is 9.89. The number of amides is 3. The quantitative estimate of drug-likeness (QED) is 0.614. The van der Waals surface area contributed by atoms with Crippen LogP contribution in [0.2, 0.25) is 0 Å². The summed E-state index contributed by atoms with van der Waals surface area (Å²) in [5.41, 5.74) is -0.0932. The predicted octanol–water partition coefficient (Wildman–Crippen LogP) is 3.12. The van der Waals surface area contributed by atoms with Gasteiger partial charge in [-0.1, -0.05) is 6.07 Å². The lowest BCUT2D eigenvalue weighted by Gasteiger charge is -2.11. The number of aryl methyl sites for hydroxylation is 1. The van der Waals surface area contributed by atoms with Crippen LogP contribution in [0.1, 0.15) is 20.9 Å². The number of imide groups is 1. The molecule has 31 heavy (non-hydrogen) atoms. The van der Waals surface area contributed by atoms with E-state index in [2.05, 4.69) is 10.4 Å². The van der Waals surface area contributed by atoms with Gasteiger partial charge in [0, 0.05) is 18.5 Å². The van der Waals surface area contributed by atoms with Gasteiger partial charge in [0.2, 0.25) is 0 Å². The number of ether oxygens (including phenoxy) is 1. The summed E-state index contributed by atoms with van der Waals surface area (Å²) >= 11 is 0.986. The molecule has 0 atom stereocenters. The van der Waals surface area contributed by atoms with Crippen LogP contribution < -0.4 is 5.32 Å². The number of hydrogen-bond acceptors (Lipinski definition) is 6.